The second-order valence-corrected chi connectivity index (χ2v) is 5.67. The molecule has 3 N–H and O–H groups in total. The van der Waals surface area contributed by atoms with Crippen LogP contribution in [0.1, 0.15) is 39.8 Å². The molecule has 1 aliphatic rings. The number of pyridine rings is 1. The third kappa shape index (κ3) is 2.94. The number of amides is 1. The number of nitrogens with zero attached hydrogens (tertiary/aromatic N) is 1. The molecule has 6 heteroatoms. The summed E-state index contributed by atoms with van der Waals surface area (Å²) in [7, 11) is 0. The van der Waals surface area contributed by atoms with E-state index in [0.717, 1.165) is 19.3 Å². The maximum Gasteiger partial charge on any atom is 0.270 e. The number of nitrogens with one attached hydrogen (secondary N) is 1. The zero-order chi connectivity index (χ0) is 13.2. The van der Waals surface area contributed by atoms with Crippen molar-refractivity contribution in [3.63, 3.8) is 0 Å². The third-order valence-corrected chi connectivity index (χ3v) is 4.36. The molecule has 0 bridgehead atoms. The van der Waals surface area contributed by atoms with Gasteiger partial charge in [0.2, 0.25) is 0 Å². The van der Waals surface area contributed by atoms with E-state index >= 15 is 0 Å². The zero-order valence-corrected chi connectivity index (χ0v) is 12.5. The Morgan fingerprint density at radius 3 is 3.05 bits per heavy atom. The summed E-state index contributed by atoms with van der Waals surface area (Å²) < 4.78 is 0. The lowest BCUT2D eigenvalue weighted by Gasteiger charge is -2.23. The Hall–Kier alpha value is -1.59. The van der Waals surface area contributed by atoms with Crippen molar-refractivity contribution in [1.29, 1.82) is 0 Å². The number of carbonyl (C=O) groups excluding carboxylic acids is 1. The van der Waals surface area contributed by atoms with E-state index in [9.17, 15) is 4.79 Å². The number of aryl methyl sites for hydroxylation is 1. The van der Waals surface area contributed by atoms with Gasteiger partial charge < -0.3 is 11.1 Å². The van der Waals surface area contributed by atoms with Crippen molar-refractivity contribution in [3.05, 3.63) is 45.8 Å². The van der Waals surface area contributed by atoms with Crippen LogP contribution in [0.25, 0.3) is 0 Å². The largest absolute Gasteiger partial charge is 0.384 e. The molecular formula is C14H16ClN3OS. The first kappa shape index (κ1) is 14.8. The van der Waals surface area contributed by atoms with E-state index in [-0.39, 0.29) is 24.4 Å². The molecule has 3 rings (SSSR count). The highest BCUT2D eigenvalue weighted by atomic mass is 35.5. The first-order chi connectivity index (χ1) is 9.24. The molecule has 0 spiro atoms. The van der Waals surface area contributed by atoms with Gasteiger partial charge in [-0.25, -0.2) is 4.98 Å². The molecule has 4 nitrogen and oxygen atoms in total. The lowest BCUT2D eigenvalue weighted by atomic mass is 9.94. The summed E-state index contributed by atoms with van der Waals surface area (Å²) in [5.74, 6) is 0.212. The number of thiophene rings is 1. The van der Waals surface area contributed by atoms with E-state index < -0.39 is 0 Å². The molecular weight excluding hydrogens is 294 g/mol. The van der Waals surface area contributed by atoms with E-state index in [0.29, 0.717) is 11.5 Å². The molecule has 1 atom stereocenters. The van der Waals surface area contributed by atoms with Gasteiger partial charge in [0.15, 0.2) is 0 Å². The number of carbonyl (C=O) groups is 1. The molecule has 0 aliphatic heterocycles. The average molecular weight is 310 g/mol. The summed E-state index contributed by atoms with van der Waals surface area (Å²) in [6.45, 7) is 0. The van der Waals surface area contributed by atoms with Gasteiger partial charge in [-0.1, -0.05) is 6.07 Å². The van der Waals surface area contributed by atoms with Crippen LogP contribution in [0.3, 0.4) is 0 Å². The van der Waals surface area contributed by atoms with Gasteiger partial charge in [-0.05, 0) is 48.4 Å². The van der Waals surface area contributed by atoms with Crippen LogP contribution in [0.5, 0.6) is 0 Å². The summed E-state index contributed by atoms with van der Waals surface area (Å²) in [4.78, 5) is 17.6. The summed E-state index contributed by atoms with van der Waals surface area (Å²) in [6.07, 6.45) is 3.22. The normalized spacial score (nSPS) is 16.9. The fourth-order valence-electron chi connectivity index (χ4n) is 2.45. The summed E-state index contributed by atoms with van der Waals surface area (Å²) in [6, 6.07) is 7.31. The lowest BCUT2D eigenvalue weighted by Crippen LogP contribution is -2.31. The fourth-order valence-corrected chi connectivity index (χ4v) is 3.43. The standard InChI is InChI=1S/C14H15N3OS.ClH/c15-13-6-2-4-11(16-13)14(18)17-10-3-1-5-12-9(10)7-8-19-12;/h2,4,6-8,10H,1,3,5H2,(H2,15,16)(H,17,18);1H. The van der Waals surface area contributed by atoms with Gasteiger partial charge in [0.25, 0.3) is 5.91 Å². The predicted octanol–water partition coefficient (Wildman–Crippen LogP) is 2.95. The van der Waals surface area contributed by atoms with Gasteiger partial charge >= 0.3 is 0 Å². The maximum absolute atomic E-state index is 12.2. The number of nitrogen functional groups attached to an aromatic ring is 1. The van der Waals surface area contributed by atoms with Crippen LogP contribution in [0.15, 0.2) is 29.6 Å². The van der Waals surface area contributed by atoms with Crippen LogP contribution in [0.4, 0.5) is 5.82 Å². The highest BCUT2D eigenvalue weighted by Gasteiger charge is 2.23. The highest BCUT2D eigenvalue weighted by Crippen LogP contribution is 2.33. The van der Waals surface area contributed by atoms with Crippen molar-refractivity contribution >= 4 is 35.5 Å². The SMILES string of the molecule is Cl.Nc1cccc(C(=O)NC2CCCc3sccc32)n1. The van der Waals surface area contributed by atoms with Gasteiger partial charge in [0.1, 0.15) is 11.5 Å². The van der Waals surface area contributed by atoms with Crippen molar-refractivity contribution in [2.75, 3.05) is 5.73 Å². The van der Waals surface area contributed by atoms with Gasteiger partial charge in [0.05, 0.1) is 6.04 Å². The molecule has 0 radical (unpaired) electrons. The van der Waals surface area contributed by atoms with E-state index in [2.05, 4.69) is 21.7 Å². The van der Waals surface area contributed by atoms with Crippen LogP contribution in [0, 0.1) is 0 Å². The van der Waals surface area contributed by atoms with E-state index in [1.165, 1.54) is 10.4 Å². The molecule has 106 valence electrons. The van der Waals surface area contributed by atoms with Crippen molar-refractivity contribution in [2.24, 2.45) is 0 Å². The van der Waals surface area contributed by atoms with Crippen LogP contribution in [0.2, 0.25) is 0 Å². The highest BCUT2D eigenvalue weighted by molar-refractivity contribution is 7.10. The van der Waals surface area contributed by atoms with E-state index in [1.807, 2.05) is 0 Å². The second kappa shape index (κ2) is 6.24. The number of fused-ring (bicyclic) bond motifs is 1. The van der Waals surface area contributed by atoms with Crippen molar-refractivity contribution < 1.29 is 4.79 Å². The summed E-state index contributed by atoms with van der Waals surface area (Å²) in [5.41, 5.74) is 7.24. The second-order valence-electron chi connectivity index (χ2n) is 4.67. The topological polar surface area (TPSA) is 68.0 Å². The monoisotopic (exact) mass is 309 g/mol. The number of hydrogen-bond acceptors (Lipinski definition) is 4. The Morgan fingerprint density at radius 1 is 1.40 bits per heavy atom. The minimum Gasteiger partial charge on any atom is -0.384 e. The third-order valence-electron chi connectivity index (χ3n) is 3.36. The molecule has 2 heterocycles. The Labute approximate surface area is 127 Å². The van der Waals surface area contributed by atoms with Gasteiger partial charge in [-0.15, -0.1) is 23.7 Å². The lowest BCUT2D eigenvalue weighted by molar-refractivity contribution is 0.0928. The van der Waals surface area contributed by atoms with E-state index in [1.54, 1.807) is 29.5 Å². The van der Waals surface area contributed by atoms with Gasteiger partial charge in [-0.2, -0.15) is 0 Å². The van der Waals surface area contributed by atoms with Crippen molar-refractivity contribution in [2.45, 2.75) is 25.3 Å². The number of halogens is 1. The molecule has 20 heavy (non-hydrogen) atoms. The first-order valence-corrected chi connectivity index (χ1v) is 7.21. The molecule has 1 aliphatic carbocycles. The van der Waals surface area contributed by atoms with E-state index in [4.69, 9.17) is 5.73 Å². The summed E-state index contributed by atoms with van der Waals surface area (Å²) in [5, 5.41) is 5.15. The average Bonchev–Trinajstić information content (AvgIpc) is 2.88. The van der Waals surface area contributed by atoms with Crippen LogP contribution >= 0.6 is 23.7 Å². The molecule has 2 aromatic rings. The number of nitrogens with two attached hydrogens (primary N) is 1. The molecule has 0 fully saturated rings. The smallest absolute Gasteiger partial charge is 0.270 e. The van der Waals surface area contributed by atoms with Crippen LogP contribution in [-0.2, 0) is 6.42 Å². The fraction of sp³-hybridized carbons (Fsp3) is 0.286. The Bertz CT molecular complexity index is 614. The van der Waals surface area contributed by atoms with Gasteiger partial charge in [-0.3, -0.25) is 4.79 Å². The Morgan fingerprint density at radius 2 is 2.25 bits per heavy atom. The Kier molecular flexibility index (Phi) is 4.62. The predicted molar refractivity (Wildman–Crippen MR) is 83.4 cm³/mol. The molecule has 0 saturated carbocycles. The molecule has 1 amide bonds. The molecule has 1 unspecified atom stereocenters. The van der Waals surface area contributed by atoms with Gasteiger partial charge in [0, 0.05) is 4.88 Å². The first-order valence-electron chi connectivity index (χ1n) is 6.34. The van der Waals surface area contributed by atoms with Crippen LogP contribution in [-0.4, -0.2) is 10.9 Å². The number of anilines is 1. The molecule has 0 saturated heterocycles. The maximum atomic E-state index is 12.2. The molecule has 0 aromatic carbocycles. The minimum absolute atomic E-state index is 0. The molecule has 2 aromatic heterocycles. The van der Waals surface area contributed by atoms with Crippen molar-refractivity contribution in [1.82, 2.24) is 10.3 Å². The minimum atomic E-state index is -0.156. The van der Waals surface area contributed by atoms with Crippen LogP contribution < -0.4 is 11.1 Å². The zero-order valence-electron chi connectivity index (χ0n) is 10.8. The number of hydrogen-bond donors (Lipinski definition) is 2. The number of rotatable bonds is 2. The van der Waals surface area contributed by atoms with Crippen molar-refractivity contribution in [3.8, 4) is 0 Å². The summed E-state index contributed by atoms with van der Waals surface area (Å²) >= 11 is 1.77. The quantitative estimate of drug-likeness (QED) is 0.896. The Balaban J connectivity index is 0.00000147. The number of aromatic nitrogens is 1.